The number of nitro groups is 1. The molecule has 0 amide bonds. The van der Waals surface area contributed by atoms with Gasteiger partial charge in [-0.15, -0.1) is 0 Å². The summed E-state index contributed by atoms with van der Waals surface area (Å²) < 4.78 is 9.85. The van der Waals surface area contributed by atoms with Crippen molar-refractivity contribution < 1.29 is 24.0 Å². The highest BCUT2D eigenvalue weighted by molar-refractivity contribution is 6.61. The summed E-state index contributed by atoms with van der Waals surface area (Å²) in [5.41, 5.74) is 1.94. The van der Waals surface area contributed by atoms with Crippen molar-refractivity contribution in [1.82, 2.24) is 9.97 Å². The second kappa shape index (κ2) is 10.9. The van der Waals surface area contributed by atoms with Gasteiger partial charge < -0.3 is 9.47 Å². The van der Waals surface area contributed by atoms with Crippen LogP contribution in [0, 0.1) is 10.1 Å². The molecule has 0 radical (unpaired) electrons. The molecule has 0 bridgehead atoms. The smallest absolute Gasteiger partial charge is 0.409 e. The van der Waals surface area contributed by atoms with Crippen LogP contribution < -0.4 is 9.47 Å². The fourth-order valence-electron chi connectivity index (χ4n) is 4.20. The zero-order valence-corrected chi connectivity index (χ0v) is 21.2. The van der Waals surface area contributed by atoms with Gasteiger partial charge in [0.2, 0.25) is 0 Å². The Morgan fingerprint density at radius 2 is 1.28 bits per heavy atom. The Kier molecular flexibility index (Phi) is 7.18. The summed E-state index contributed by atoms with van der Waals surface area (Å²) in [7, 11) is 0. The van der Waals surface area contributed by atoms with Gasteiger partial charge in [-0.25, -0.2) is 14.6 Å². The van der Waals surface area contributed by atoms with E-state index < -0.39 is 15.8 Å². The molecule has 0 unspecified atom stereocenters. The first-order valence-electron chi connectivity index (χ1n) is 11.3. The minimum atomic E-state index is -0.997. The first-order chi connectivity index (χ1) is 18.8. The Morgan fingerprint density at radius 1 is 0.718 bits per heavy atom. The molecule has 5 aromatic rings. The Balaban J connectivity index is 1.78. The predicted molar refractivity (Wildman–Crippen MR) is 146 cm³/mol. The molecule has 39 heavy (non-hydrogen) atoms. The highest BCUT2D eigenvalue weighted by Gasteiger charge is 2.26. The van der Waals surface area contributed by atoms with E-state index in [0.717, 1.165) is 0 Å². The molecule has 0 atom stereocenters. The van der Waals surface area contributed by atoms with E-state index in [2.05, 4.69) is 9.97 Å². The maximum absolute atomic E-state index is 12.2. The highest BCUT2D eigenvalue weighted by Crippen LogP contribution is 2.45. The number of hydrogen-bond donors (Lipinski definition) is 0. The third-order valence-corrected chi connectivity index (χ3v) is 5.94. The van der Waals surface area contributed by atoms with Gasteiger partial charge in [0.1, 0.15) is 11.5 Å². The molecule has 4 aromatic carbocycles. The minimum Gasteiger partial charge on any atom is -0.415 e. The topological polar surface area (TPSA) is 122 Å². The summed E-state index contributed by atoms with van der Waals surface area (Å²) in [6.45, 7) is 0. The molecule has 0 saturated carbocycles. The third kappa shape index (κ3) is 5.54. The van der Waals surface area contributed by atoms with Crippen molar-refractivity contribution in [2.45, 2.75) is 0 Å². The van der Waals surface area contributed by atoms with Gasteiger partial charge >= 0.3 is 10.9 Å². The molecule has 1 aromatic heterocycles. The van der Waals surface area contributed by atoms with Crippen LogP contribution in [0.1, 0.15) is 0 Å². The van der Waals surface area contributed by atoms with Gasteiger partial charge in [-0.05, 0) is 59.2 Å². The number of aromatic nitrogens is 2. The van der Waals surface area contributed by atoms with E-state index in [-0.39, 0.29) is 22.7 Å². The number of nitro benzene ring substituents is 1. The van der Waals surface area contributed by atoms with Crippen LogP contribution in [0.25, 0.3) is 44.5 Å². The van der Waals surface area contributed by atoms with Gasteiger partial charge in [-0.2, -0.15) is 0 Å². The number of rotatable bonds is 6. The van der Waals surface area contributed by atoms with Gasteiger partial charge in [-0.1, -0.05) is 36.4 Å². The fraction of sp³-hybridized carbons (Fsp3) is 0. The van der Waals surface area contributed by atoms with Crippen LogP contribution in [0.4, 0.5) is 15.3 Å². The molecule has 0 saturated heterocycles. The Hall–Kier alpha value is -4.86. The van der Waals surface area contributed by atoms with E-state index in [9.17, 15) is 19.7 Å². The molecule has 9 nitrogen and oxygen atoms in total. The van der Waals surface area contributed by atoms with E-state index in [1.807, 2.05) is 6.07 Å². The van der Waals surface area contributed by atoms with Crippen molar-refractivity contribution in [3.05, 3.63) is 101 Å². The van der Waals surface area contributed by atoms with Crippen molar-refractivity contribution in [1.29, 1.82) is 0 Å². The second-order valence-corrected chi connectivity index (χ2v) is 8.73. The van der Waals surface area contributed by atoms with Gasteiger partial charge in [0.15, 0.2) is 0 Å². The molecule has 0 aliphatic carbocycles. The summed E-state index contributed by atoms with van der Waals surface area (Å²) in [6.07, 6.45) is 1.49. The monoisotopic (exact) mass is 559 g/mol. The summed E-state index contributed by atoms with van der Waals surface area (Å²) in [6, 6.07) is 23.1. The van der Waals surface area contributed by atoms with E-state index >= 15 is 0 Å². The summed E-state index contributed by atoms with van der Waals surface area (Å²) in [5, 5.41) is 12.2. The molecule has 192 valence electrons. The van der Waals surface area contributed by atoms with Crippen LogP contribution in [0.3, 0.4) is 0 Å². The lowest BCUT2D eigenvalue weighted by atomic mass is 9.88. The fourth-order valence-corrected chi connectivity index (χ4v) is 4.38. The maximum Gasteiger partial charge on any atom is 0.409 e. The first kappa shape index (κ1) is 25.8. The molecule has 0 N–H and O–H groups in total. The van der Waals surface area contributed by atoms with Crippen LogP contribution >= 0.6 is 23.2 Å². The molecule has 0 fully saturated rings. The number of halogens is 2. The van der Waals surface area contributed by atoms with Gasteiger partial charge in [0.05, 0.1) is 33.4 Å². The standard InChI is InChI=1S/C28H15Cl2N3O6/c29-27(34)38-18-9-5-16(6-10-18)20-13-14-24(33(36)37)26(23-15-31-21-3-1-2-4-22(21)32-23)25(20)17-7-11-19(12-8-17)39-28(30)35/h1-15H. The molecule has 5 rings (SSSR count). The van der Waals surface area contributed by atoms with Crippen LogP contribution in [-0.2, 0) is 0 Å². The zero-order chi connectivity index (χ0) is 27.5. The van der Waals surface area contributed by atoms with Gasteiger partial charge in [-0.3, -0.25) is 15.1 Å². The van der Waals surface area contributed by atoms with Crippen LogP contribution in [-0.4, -0.2) is 25.7 Å². The number of carbonyl (C=O) groups excluding carboxylic acids is 2. The SMILES string of the molecule is O=C(Cl)Oc1ccc(-c2ccc([N+](=O)[O-])c(-c3cnc4ccccc4n3)c2-c2ccc(OC(=O)Cl)cc2)cc1. The average Bonchev–Trinajstić information content (AvgIpc) is 2.92. The van der Waals surface area contributed by atoms with Crippen molar-refractivity contribution in [3.8, 4) is 45.0 Å². The lowest BCUT2D eigenvalue weighted by molar-refractivity contribution is -0.384. The van der Waals surface area contributed by atoms with Crippen molar-refractivity contribution >= 4 is 50.8 Å². The molecular weight excluding hydrogens is 545 g/mol. The molecular formula is C28H15Cl2N3O6. The quantitative estimate of drug-likeness (QED) is 0.116. The Labute approximate surface area is 230 Å². The molecule has 0 aliphatic heterocycles. The van der Waals surface area contributed by atoms with Crippen molar-refractivity contribution in [3.63, 3.8) is 0 Å². The number of hydrogen-bond acceptors (Lipinski definition) is 8. The first-order valence-corrected chi connectivity index (χ1v) is 12.0. The van der Waals surface area contributed by atoms with E-state index in [0.29, 0.717) is 39.0 Å². The lowest BCUT2D eigenvalue weighted by Gasteiger charge is -2.17. The number of carbonyl (C=O) groups is 2. The molecule has 0 spiro atoms. The average molecular weight is 560 g/mol. The van der Waals surface area contributed by atoms with Crippen molar-refractivity contribution in [2.75, 3.05) is 0 Å². The lowest BCUT2D eigenvalue weighted by Crippen LogP contribution is -2.00. The molecule has 1 heterocycles. The van der Waals surface area contributed by atoms with Gasteiger partial charge in [0, 0.05) is 34.8 Å². The summed E-state index contributed by atoms with van der Waals surface area (Å²) >= 11 is 10.7. The Morgan fingerprint density at radius 3 is 1.85 bits per heavy atom. The molecule has 11 heteroatoms. The maximum atomic E-state index is 12.2. The normalized spacial score (nSPS) is 10.7. The highest BCUT2D eigenvalue weighted by atomic mass is 35.5. The number of para-hydroxylation sites is 2. The zero-order valence-electron chi connectivity index (χ0n) is 19.7. The van der Waals surface area contributed by atoms with Gasteiger partial charge in [0.25, 0.3) is 5.69 Å². The summed E-state index contributed by atoms with van der Waals surface area (Å²) in [5.74, 6) is 0.431. The van der Waals surface area contributed by atoms with Crippen LogP contribution in [0.2, 0.25) is 0 Å². The number of nitrogens with zero attached hydrogens (tertiary/aromatic N) is 3. The van der Waals surface area contributed by atoms with E-state index in [1.165, 1.54) is 24.4 Å². The third-order valence-electron chi connectivity index (χ3n) is 5.79. The molecule has 0 aliphatic rings. The minimum absolute atomic E-state index is 0.178. The second-order valence-electron chi connectivity index (χ2n) is 8.11. The number of ether oxygens (including phenoxy) is 2. The Bertz CT molecular complexity index is 1740. The van der Waals surface area contributed by atoms with Crippen molar-refractivity contribution in [2.24, 2.45) is 0 Å². The predicted octanol–water partition coefficient (Wildman–Crippen LogP) is 8.01. The van der Waals surface area contributed by atoms with E-state index in [1.54, 1.807) is 60.7 Å². The summed E-state index contributed by atoms with van der Waals surface area (Å²) in [4.78, 5) is 43.2. The number of benzene rings is 4. The van der Waals surface area contributed by atoms with E-state index in [4.69, 9.17) is 32.7 Å². The van der Waals surface area contributed by atoms with Crippen LogP contribution in [0.15, 0.2) is 91.1 Å². The largest absolute Gasteiger partial charge is 0.415 e. The number of fused-ring (bicyclic) bond motifs is 1. The van der Waals surface area contributed by atoms with Crippen LogP contribution in [0.5, 0.6) is 11.5 Å².